The van der Waals surface area contributed by atoms with E-state index in [1.54, 1.807) is 32.0 Å². The number of Topliss-reactive ketones (excluding diaryl/α,β-unsaturated/α-hetero) is 1. The normalized spacial score (nSPS) is 11.4. The summed E-state index contributed by atoms with van der Waals surface area (Å²) >= 11 is 12.9. The quantitative estimate of drug-likeness (QED) is 0.218. The highest BCUT2D eigenvalue weighted by Crippen LogP contribution is 2.39. The molecule has 0 saturated heterocycles. The molecule has 1 N–H and O–H groups in total. The second-order valence-corrected chi connectivity index (χ2v) is 10.7. The molecule has 9 heteroatoms. The van der Waals surface area contributed by atoms with Gasteiger partial charge in [0.1, 0.15) is 11.6 Å². The van der Waals surface area contributed by atoms with Crippen LogP contribution in [0, 0.1) is 22.6 Å². The Labute approximate surface area is 235 Å². The molecule has 0 saturated carbocycles. The molecule has 0 aliphatic carbocycles. The Morgan fingerprint density at radius 3 is 2.44 bits per heavy atom. The van der Waals surface area contributed by atoms with Gasteiger partial charge in [0.2, 0.25) is 5.71 Å². The van der Waals surface area contributed by atoms with Crippen molar-refractivity contribution < 1.29 is 18.4 Å². The maximum atomic E-state index is 13.6. The molecular weight excluding hydrogens is 540 g/mol. The molecule has 0 radical (unpaired) electrons. The van der Waals surface area contributed by atoms with Gasteiger partial charge in [0.15, 0.2) is 5.78 Å². The van der Waals surface area contributed by atoms with Crippen molar-refractivity contribution in [2.75, 3.05) is 7.05 Å². The lowest BCUT2D eigenvalue weighted by Gasteiger charge is -2.16. The number of nitrogens with zero attached hydrogens (tertiary/aromatic N) is 2. The number of ketones is 1. The van der Waals surface area contributed by atoms with Gasteiger partial charge in [-0.25, -0.2) is 9.37 Å². The van der Waals surface area contributed by atoms with E-state index in [1.165, 1.54) is 31.3 Å². The maximum absolute atomic E-state index is 13.6. The van der Waals surface area contributed by atoms with Crippen LogP contribution in [0.25, 0.3) is 33.6 Å². The largest absolute Gasteiger partial charge is 0.437 e. The Morgan fingerprint density at radius 1 is 1.13 bits per heavy atom. The number of benzene rings is 2. The SMILES string of the molecule is CCCc1nc2oc(-c3ccc(F)cc3)c(C(=O)NC)c2cc1-c1cc(Cl)c(Cl)c(C(=O)CC(C)(C)C#N)c1. The molecule has 0 unspecified atom stereocenters. The number of pyridine rings is 1. The summed E-state index contributed by atoms with van der Waals surface area (Å²) in [5, 5.41) is 12.8. The van der Waals surface area contributed by atoms with Gasteiger partial charge in [0.05, 0.1) is 38.2 Å². The topological polar surface area (TPSA) is 96.0 Å². The first kappa shape index (κ1) is 28.3. The minimum absolute atomic E-state index is 0.0360. The first-order valence-corrected chi connectivity index (χ1v) is 13.1. The van der Waals surface area contributed by atoms with Gasteiger partial charge in [-0.05, 0) is 68.3 Å². The van der Waals surface area contributed by atoms with Crippen molar-refractivity contribution >= 4 is 46.0 Å². The summed E-state index contributed by atoms with van der Waals surface area (Å²) < 4.78 is 19.7. The number of nitriles is 1. The summed E-state index contributed by atoms with van der Waals surface area (Å²) in [5.41, 5.74) is 2.29. The van der Waals surface area contributed by atoms with Gasteiger partial charge in [0, 0.05) is 30.2 Å². The van der Waals surface area contributed by atoms with Crippen molar-refractivity contribution in [1.29, 1.82) is 5.26 Å². The van der Waals surface area contributed by atoms with Gasteiger partial charge in [-0.2, -0.15) is 5.26 Å². The molecule has 1 amide bonds. The molecule has 6 nitrogen and oxygen atoms in total. The van der Waals surface area contributed by atoms with E-state index < -0.39 is 17.1 Å². The summed E-state index contributed by atoms with van der Waals surface area (Å²) in [5.74, 6) is -0.854. The summed E-state index contributed by atoms with van der Waals surface area (Å²) in [7, 11) is 1.51. The minimum atomic E-state index is -0.882. The number of rotatable bonds is 8. The molecule has 2 aromatic carbocycles. The maximum Gasteiger partial charge on any atom is 0.255 e. The van der Waals surface area contributed by atoms with E-state index in [4.69, 9.17) is 32.6 Å². The predicted molar refractivity (Wildman–Crippen MR) is 151 cm³/mol. The van der Waals surface area contributed by atoms with E-state index in [-0.39, 0.29) is 44.8 Å². The first-order valence-electron chi connectivity index (χ1n) is 12.4. The lowest BCUT2D eigenvalue weighted by molar-refractivity contribution is 0.0948. The Bertz CT molecular complexity index is 1640. The van der Waals surface area contributed by atoms with Gasteiger partial charge >= 0.3 is 0 Å². The molecule has 0 bridgehead atoms. The third kappa shape index (κ3) is 5.68. The summed E-state index contributed by atoms with van der Waals surface area (Å²) in [6.45, 7) is 5.37. The first-order chi connectivity index (χ1) is 18.5. The van der Waals surface area contributed by atoms with Crippen LogP contribution in [0.3, 0.4) is 0 Å². The molecule has 39 heavy (non-hydrogen) atoms. The van der Waals surface area contributed by atoms with E-state index in [9.17, 15) is 19.2 Å². The number of hydrogen-bond donors (Lipinski definition) is 1. The fraction of sp³-hybridized carbons (Fsp3) is 0.267. The molecule has 200 valence electrons. The highest BCUT2D eigenvalue weighted by atomic mass is 35.5. The zero-order chi connectivity index (χ0) is 28.5. The van der Waals surface area contributed by atoms with Gasteiger partial charge < -0.3 is 9.73 Å². The lowest BCUT2D eigenvalue weighted by Crippen LogP contribution is -2.18. The van der Waals surface area contributed by atoms with Crippen LogP contribution >= 0.6 is 23.2 Å². The molecule has 2 aromatic heterocycles. The molecule has 4 aromatic rings. The number of halogens is 3. The number of nitrogens with one attached hydrogen (secondary N) is 1. The standard InChI is InChI=1S/C30H26Cl2FN3O3/c1-5-6-23-19(17-11-20(26(32)22(31)12-17)24(37)14-30(2,3)15-34)13-21-25(28(38)35-4)27(39-29(21)36-23)16-7-9-18(33)10-8-16/h7-13H,5-6,14H2,1-4H3,(H,35,38). The fourth-order valence-electron chi connectivity index (χ4n) is 4.38. The highest BCUT2D eigenvalue weighted by Gasteiger charge is 2.27. The van der Waals surface area contributed by atoms with Gasteiger partial charge in [-0.15, -0.1) is 0 Å². The van der Waals surface area contributed by atoms with E-state index in [0.29, 0.717) is 34.2 Å². The van der Waals surface area contributed by atoms with Crippen molar-refractivity contribution in [3.63, 3.8) is 0 Å². The highest BCUT2D eigenvalue weighted by molar-refractivity contribution is 6.44. The van der Waals surface area contributed by atoms with Gasteiger partial charge in [-0.3, -0.25) is 9.59 Å². The number of furan rings is 1. The number of aromatic nitrogens is 1. The number of hydrogen-bond acceptors (Lipinski definition) is 5. The molecule has 4 rings (SSSR count). The average Bonchev–Trinajstić information content (AvgIpc) is 3.27. The van der Waals surface area contributed by atoms with E-state index in [0.717, 1.165) is 6.42 Å². The van der Waals surface area contributed by atoms with Crippen molar-refractivity contribution in [2.45, 2.75) is 40.0 Å². The molecule has 2 heterocycles. The Morgan fingerprint density at radius 2 is 1.82 bits per heavy atom. The number of carbonyl (C=O) groups excluding carboxylic acids is 2. The molecule has 0 atom stereocenters. The monoisotopic (exact) mass is 565 g/mol. The molecule has 0 aliphatic heterocycles. The van der Waals surface area contributed by atoms with Crippen molar-refractivity contribution in [3.8, 4) is 28.5 Å². The van der Waals surface area contributed by atoms with Crippen LogP contribution in [0.4, 0.5) is 4.39 Å². The van der Waals surface area contributed by atoms with Crippen molar-refractivity contribution in [1.82, 2.24) is 10.3 Å². The second-order valence-electron chi connectivity index (χ2n) is 9.89. The van der Waals surface area contributed by atoms with Crippen LogP contribution in [-0.4, -0.2) is 23.7 Å². The van der Waals surface area contributed by atoms with Crippen LogP contribution in [-0.2, 0) is 6.42 Å². The fourth-order valence-corrected chi connectivity index (χ4v) is 4.81. The summed E-state index contributed by atoms with van der Waals surface area (Å²) in [4.78, 5) is 30.9. The van der Waals surface area contributed by atoms with E-state index in [2.05, 4.69) is 11.4 Å². The number of carbonyl (C=O) groups is 2. The number of fused-ring (bicyclic) bond motifs is 1. The predicted octanol–water partition coefficient (Wildman–Crippen LogP) is 8.04. The van der Waals surface area contributed by atoms with E-state index in [1.807, 2.05) is 6.92 Å². The van der Waals surface area contributed by atoms with Gasteiger partial charge in [-0.1, -0.05) is 36.5 Å². The molecule has 0 aliphatic rings. The Balaban J connectivity index is 1.97. The molecule has 0 spiro atoms. The third-order valence-electron chi connectivity index (χ3n) is 6.35. The van der Waals surface area contributed by atoms with Crippen LogP contribution in [0.2, 0.25) is 10.0 Å². The average molecular weight is 566 g/mol. The second kappa shape index (κ2) is 11.2. The Hall–Kier alpha value is -3.73. The summed E-state index contributed by atoms with van der Waals surface area (Å²) in [6, 6.07) is 12.9. The van der Waals surface area contributed by atoms with Gasteiger partial charge in [0.25, 0.3) is 5.91 Å². The summed E-state index contributed by atoms with van der Waals surface area (Å²) in [6.07, 6.45) is 1.31. The third-order valence-corrected chi connectivity index (χ3v) is 7.16. The van der Waals surface area contributed by atoms with Crippen LogP contribution in [0.1, 0.15) is 60.0 Å². The smallest absolute Gasteiger partial charge is 0.255 e. The van der Waals surface area contributed by atoms with Crippen LogP contribution in [0.5, 0.6) is 0 Å². The zero-order valence-corrected chi connectivity index (χ0v) is 23.4. The molecule has 0 fully saturated rings. The van der Waals surface area contributed by atoms with Crippen LogP contribution in [0.15, 0.2) is 46.9 Å². The Kier molecular flexibility index (Phi) is 8.10. The van der Waals surface area contributed by atoms with Crippen molar-refractivity contribution in [3.05, 3.63) is 75.1 Å². The lowest BCUT2D eigenvalue weighted by atomic mass is 9.86. The molecular formula is C30H26Cl2FN3O3. The van der Waals surface area contributed by atoms with Crippen molar-refractivity contribution in [2.24, 2.45) is 5.41 Å². The van der Waals surface area contributed by atoms with Crippen LogP contribution < -0.4 is 5.32 Å². The number of aryl methyl sites for hydroxylation is 1. The zero-order valence-electron chi connectivity index (χ0n) is 21.9. The van der Waals surface area contributed by atoms with E-state index >= 15 is 0 Å². The minimum Gasteiger partial charge on any atom is -0.437 e. The number of amides is 1.